The van der Waals surface area contributed by atoms with E-state index < -0.39 is 0 Å². The van der Waals surface area contributed by atoms with E-state index in [1.54, 1.807) is 24.3 Å². The number of halogens is 2. The maximum absolute atomic E-state index is 13.3. The number of carbonyl (C=O) groups excluding carboxylic acids is 1. The van der Waals surface area contributed by atoms with E-state index in [0.29, 0.717) is 40.3 Å². The number of benzene rings is 2. The van der Waals surface area contributed by atoms with Gasteiger partial charge in [0.05, 0.1) is 37.6 Å². The van der Waals surface area contributed by atoms with Crippen LogP contribution in [0.15, 0.2) is 46.0 Å². The summed E-state index contributed by atoms with van der Waals surface area (Å²) in [6.45, 7) is 3.21. The molecule has 1 aliphatic heterocycles. The number of carbonyl (C=O) groups is 1. The van der Waals surface area contributed by atoms with Gasteiger partial charge in [-0.3, -0.25) is 9.69 Å². The molecule has 0 bridgehead atoms. The summed E-state index contributed by atoms with van der Waals surface area (Å²) >= 11 is 3.47. The number of rotatable bonds is 8. The molecule has 1 fully saturated rings. The summed E-state index contributed by atoms with van der Waals surface area (Å²) in [6.07, 6.45) is 1.53. The van der Waals surface area contributed by atoms with Crippen LogP contribution < -0.4 is 14.9 Å². The van der Waals surface area contributed by atoms with Crippen LogP contribution in [-0.4, -0.2) is 57.0 Å². The van der Waals surface area contributed by atoms with Gasteiger partial charge in [0.25, 0.3) is 5.91 Å². The molecule has 0 unspecified atom stereocenters. The van der Waals surface area contributed by atoms with Crippen molar-refractivity contribution >= 4 is 28.1 Å². The fourth-order valence-electron chi connectivity index (χ4n) is 2.91. The monoisotopic (exact) mass is 479 g/mol. The zero-order chi connectivity index (χ0) is 21.3. The second-order valence-electron chi connectivity index (χ2n) is 6.63. The Hall–Kier alpha value is -2.49. The Kier molecular flexibility index (Phi) is 8.18. The Labute approximate surface area is 182 Å². The largest absolute Gasteiger partial charge is 0.493 e. The van der Waals surface area contributed by atoms with Crippen LogP contribution in [-0.2, 0) is 16.1 Å². The van der Waals surface area contributed by atoms with Crippen molar-refractivity contribution in [3.63, 3.8) is 0 Å². The third-order valence-corrected chi connectivity index (χ3v) is 4.99. The van der Waals surface area contributed by atoms with Crippen LogP contribution in [0, 0.1) is 5.82 Å². The second-order valence-corrected chi connectivity index (χ2v) is 7.49. The van der Waals surface area contributed by atoms with Crippen LogP contribution in [0.1, 0.15) is 11.1 Å². The minimum atomic E-state index is -0.315. The van der Waals surface area contributed by atoms with Gasteiger partial charge in [-0.1, -0.05) is 12.1 Å². The summed E-state index contributed by atoms with van der Waals surface area (Å²) in [7, 11) is 1.53. The fourth-order valence-corrected chi connectivity index (χ4v) is 3.49. The van der Waals surface area contributed by atoms with E-state index >= 15 is 0 Å². The van der Waals surface area contributed by atoms with Gasteiger partial charge in [0, 0.05) is 13.1 Å². The van der Waals surface area contributed by atoms with Crippen molar-refractivity contribution in [3.05, 3.63) is 57.8 Å². The number of nitrogens with zero attached hydrogens (tertiary/aromatic N) is 2. The molecule has 1 amide bonds. The number of amides is 1. The third kappa shape index (κ3) is 6.51. The van der Waals surface area contributed by atoms with E-state index in [2.05, 4.69) is 26.5 Å². The van der Waals surface area contributed by atoms with Crippen LogP contribution in [0.5, 0.6) is 11.5 Å². The van der Waals surface area contributed by atoms with Gasteiger partial charge in [0.15, 0.2) is 11.5 Å². The molecule has 1 heterocycles. The predicted molar refractivity (Wildman–Crippen MR) is 114 cm³/mol. The Balaban J connectivity index is 1.59. The maximum atomic E-state index is 13.3. The summed E-state index contributed by atoms with van der Waals surface area (Å²) in [6, 6.07) is 9.75. The van der Waals surface area contributed by atoms with Crippen LogP contribution in [0.25, 0.3) is 0 Å². The number of morpholine rings is 1. The van der Waals surface area contributed by atoms with Gasteiger partial charge in [0.1, 0.15) is 12.4 Å². The van der Waals surface area contributed by atoms with Crippen molar-refractivity contribution in [2.24, 2.45) is 5.10 Å². The molecule has 0 saturated carbocycles. The van der Waals surface area contributed by atoms with Gasteiger partial charge in [-0.25, -0.2) is 9.82 Å². The number of hydrazone groups is 1. The van der Waals surface area contributed by atoms with Crippen molar-refractivity contribution in [3.8, 4) is 11.5 Å². The molecule has 0 aromatic heterocycles. The lowest BCUT2D eigenvalue weighted by atomic mass is 10.2. The Morgan fingerprint density at radius 3 is 2.87 bits per heavy atom. The molecule has 0 atom stereocenters. The number of methoxy groups -OCH3 is 1. The second kappa shape index (κ2) is 11.1. The third-order valence-electron chi connectivity index (χ3n) is 4.40. The van der Waals surface area contributed by atoms with E-state index in [1.165, 1.54) is 25.5 Å². The van der Waals surface area contributed by atoms with E-state index in [1.807, 2.05) is 4.90 Å². The van der Waals surface area contributed by atoms with Gasteiger partial charge >= 0.3 is 0 Å². The summed E-state index contributed by atoms with van der Waals surface area (Å²) in [5.74, 6) is 0.482. The van der Waals surface area contributed by atoms with Gasteiger partial charge in [-0.2, -0.15) is 5.10 Å². The molecule has 2 aromatic rings. The van der Waals surface area contributed by atoms with Crippen LogP contribution in [0.3, 0.4) is 0 Å². The highest BCUT2D eigenvalue weighted by atomic mass is 79.9. The molecule has 1 aliphatic rings. The van der Waals surface area contributed by atoms with Crippen molar-refractivity contribution in [1.82, 2.24) is 10.3 Å². The predicted octanol–water partition coefficient (Wildman–Crippen LogP) is 2.96. The first kappa shape index (κ1) is 22.2. The number of nitrogens with one attached hydrogen (secondary N) is 1. The van der Waals surface area contributed by atoms with E-state index in [0.717, 1.165) is 13.1 Å². The lowest BCUT2D eigenvalue weighted by Gasteiger charge is -2.25. The highest BCUT2D eigenvalue weighted by Crippen LogP contribution is 2.36. The standard InChI is InChI=1S/C21H23BrFN3O4/c1-28-19-11-16(12-24-25-20(27)13-26-5-7-29-8-6-26)10-18(22)21(19)30-14-15-3-2-4-17(23)9-15/h2-4,9-12H,5-8,13-14H2,1H3,(H,25,27)/b24-12-. The van der Waals surface area contributed by atoms with Crippen molar-refractivity contribution in [2.45, 2.75) is 6.61 Å². The Bertz CT molecular complexity index is 904. The van der Waals surface area contributed by atoms with Gasteiger partial charge in [0.2, 0.25) is 0 Å². The number of ether oxygens (including phenoxy) is 3. The van der Waals surface area contributed by atoms with Gasteiger partial charge in [-0.15, -0.1) is 0 Å². The first-order valence-electron chi connectivity index (χ1n) is 9.42. The minimum Gasteiger partial charge on any atom is -0.493 e. The van der Waals surface area contributed by atoms with E-state index in [-0.39, 0.29) is 24.9 Å². The lowest BCUT2D eigenvalue weighted by Crippen LogP contribution is -2.42. The van der Waals surface area contributed by atoms with Crippen LogP contribution >= 0.6 is 15.9 Å². The summed E-state index contributed by atoms with van der Waals surface area (Å²) in [5, 5.41) is 4.02. The number of hydrogen-bond acceptors (Lipinski definition) is 6. The first-order chi connectivity index (χ1) is 14.5. The van der Waals surface area contributed by atoms with E-state index in [9.17, 15) is 9.18 Å². The van der Waals surface area contributed by atoms with Crippen molar-refractivity contribution in [1.29, 1.82) is 0 Å². The Morgan fingerprint density at radius 2 is 2.13 bits per heavy atom. The normalized spacial score (nSPS) is 14.6. The first-order valence-corrected chi connectivity index (χ1v) is 10.2. The van der Waals surface area contributed by atoms with Gasteiger partial charge < -0.3 is 14.2 Å². The zero-order valence-electron chi connectivity index (χ0n) is 16.6. The van der Waals surface area contributed by atoms with Crippen LogP contribution in [0.2, 0.25) is 0 Å². The minimum absolute atomic E-state index is 0.186. The summed E-state index contributed by atoms with van der Waals surface area (Å²) < 4.78 is 30.5. The van der Waals surface area contributed by atoms with Crippen LogP contribution in [0.4, 0.5) is 4.39 Å². The van der Waals surface area contributed by atoms with Gasteiger partial charge in [-0.05, 0) is 51.3 Å². The molecule has 160 valence electrons. The van der Waals surface area contributed by atoms with E-state index in [4.69, 9.17) is 14.2 Å². The fraction of sp³-hybridized carbons (Fsp3) is 0.333. The highest BCUT2D eigenvalue weighted by Gasteiger charge is 2.14. The SMILES string of the molecule is COc1cc(/C=N\NC(=O)CN2CCOCC2)cc(Br)c1OCc1cccc(F)c1. The molecule has 1 N–H and O–H groups in total. The molecule has 3 rings (SSSR count). The molecule has 2 aromatic carbocycles. The molecule has 30 heavy (non-hydrogen) atoms. The smallest absolute Gasteiger partial charge is 0.254 e. The topological polar surface area (TPSA) is 72.4 Å². The molecular weight excluding hydrogens is 457 g/mol. The molecule has 1 saturated heterocycles. The zero-order valence-corrected chi connectivity index (χ0v) is 18.2. The van der Waals surface area contributed by atoms with Crippen molar-refractivity contribution in [2.75, 3.05) is 40.0 Å². The molecular formula is C21H23BrFN3O4. The molecule has 0 aliphatic carbocycles. The maximum Gasteiger partial charge on any atom is 0.254 e. The summed E-state index contributed by atoms with van der Waals surface area (Å²) in [5.41, 5.74) is 3.94. The average Bonchev–Trinajstić information content (AvgIpc) is 2.73. The highest BCUT2D eigenvalue weighted by molar-refractivity contribution is 9.10. The van der Waals surface area contributed by atoms with Crippen molar-refractivity contribution < 1.29 is 23.4 Å². The quantitative estimate of drug-likeness (QED) is 0.465. The average molecular weight is 480 g/mol. The molecule has 7 nitrogen and oxygen atoms in total. The Morgan fingerprint density at radius 1 is 1.33 bits per heavy atom. The number of hydrogen-bond donors (Lipinski definition) is 1. The summed E-state index contributed by atoms with van der Waals surface area (Å²) in [4.78, 5) is 14.0. The molecule has 0 radical (unpaired) electrons. The lowest BCUT2D eigenvalue weighted by molar-refractivity contribution is -0.123. The molecule has 0 spiro atoms. The molecule has 9 heteroatoms.